The Morgan fingerprint density at radius 2 is 1.56 bits per heavy atom. The standard InChI is InChI=1S/C15H21F3N2O5S2/c1-25-11-10-20(12-15(16,17)18)27(23,24)14-6-4-13(5-7-14)26(21,22)19-8-2-3-9-19/h4-7H,2-3,8-12H2,1H3. The molecule has 0 bridgehead atoms. The van der Waals surface area contributed by atoms with Crippen LogP contribution in [0.5, 0.6) is 0 Å². The molecule has 0 atom stereocenters. The zero-order chi connectivity index (χ0) is 20.3. The van der Waals surface area contributed by atoms with Crippen LogP contribution in [0.1, 0.15) is 12.8 Å². The van der Waals surface area contributed by atoms with Crippen molar-refractivity contribution in [3.05, 3.63) is 24.3 Å². The monoisotopic (exact) mass is 430 g/mol. The minimum atomic E-state index is -4.72. The first-order valence-electron chi connectivity index (χ1n) is 8.14. The summed E-state index contributed by atoms with van der Waals surface area (Å²) in [5.74, 6) is 0. The van der Waals surface area contributed by atoms with Gasteiger partial charge in [0, 0.05) is 26.7 Å². The highest BCUT2D eigenvalue weighted by atomic mass is 32.2. The van der Waals surface area contributed by atoms with E-state index in [0.717, 1.165) is 37.1 Å². The Bertz CT molecular complexity index is 833. The van der Waals surface area contributed by atoms with Crippen LogP contribution >= 0.6 is 0 Å². The fourth-order valence-corrected chi connectivity index (χ4v) is 5.61. The van der Waals surface area contributed by atoms with E-state index in [1.165, 1.54) is 11.4 Å². The molecule has 0 aromatic heterocycles. The quantitative estimate of drug-likeness (QED) is 0.627. The van der Waals surface area contributed by atoms with E-state index < -0.39 is 44.2 Å². The van der Waals surface area contributed by atoms with Gasteiger partial charge in [-0.25, -0.2) is 16.8 Å². The molecule has 1 aliphatic rings. The first-order valence-corrected chi connectivity index (χ1v) is 11.0. The molecular formula is C15H21F3N2O5S2. The number of alkyl halides is 3. The normalized spacial score (nSPS) is 16.9. The summed E-state index contributed by atoms with van der Waals surface area (Å²) >= 11 is 0. The van der Waals surface area contributed by atoms with Crippen molar-refractivity contribution in [3.8, 4) is 0 Å². The van der Waals surface area contributed by atoms with E-state index in [2.05, 4.69) is 4.74 Å². The van der Waals surface area contributed by atoms with E-state index in [1.54, 1.807) is 0 Å². The number of halogens is 3. The van der Waals surface area contributed by atoms with Crippen molar-refractivity contribution in [2.24, 2.45) is 0 Å². The van der Waals surface area contributed by atoms with Crippen LogP contribution in [0.3, 0.4) is 0 Å². The third kappa shape index (κ3) is 5.41. The number of hydrogen-bond acceptors (Lipinski definition) is 5. The number of nitrogens with zero attached hydrogens (tertiary/aromatic N) is 2. The zero-order valence-electron chi connectivity index (χ0n) is 14.6. The molecule has 0 spiro atoms. The Hall–Kier alpha value is -1.21. The minimum absolute atomic E-state index is 0.0948. The first kappa shape index (κ1) is 22.1. The summed E-state index contributed by atoms with van der Waals surface area (Å²) in [5.41, 5.74) is 0. The van der Waals surface area contributed by atoms with Crippen LogP contribution in [0.15, 0.2) is 34.1 Å². The van der Waals surface area contributed by atoms with Gasteiger partial charge in [-0.2, -0.15) is 21.8 Å². The molecule has 7 nitrogen and oxygen atoms in total. The Morgan fingerprint density at radius 1 is 1.04 bits per heavy atom. The van der Waals surface area contributed by atoms with E-state index in [0.29, 0.717) is 13.1 Å². The third-order valence-corrected chi connectivity index (χ3v) is 7.84. The van der Waals surface area contributed by atoms with Crippen LogP contribution < -0.4 is 0 Å². The summed E-state index contributed by atoms with van der Waals surface area (Å²) < 4.78 is 94.5. The van der Waals surface area contributed by atoms with Gasteiger partial charge < -0.3 is 4.74 Å². The van der Waals surface area contributed by atoms with Crippen molar-refractivity contribution in [1.29, 1.82) is 0 Å². The van der Waals surface area contributed by atoms with Crippen molar-refractivity contribution in [1.82, 2.24) is 8.61 Å². The maximum Gasteiger partial charge on any atom is 0.402 e. The highest BCUT2D eigenvalue weighted by Gasteiger charge is 2.37. The number of hydrogen-bond donors (Lipinski definition) is 0. The second-order valence-electron chi connectivity index (χ2n) is 6.03. The smallest absolute Gasteiger partial charge is 0.383 e. The van der Waals surface area contributed by atoms with Gasteiger partial charge in [0.25, 0.3) is 0 Å². The summed E-state index contributed by atoms with van der Waals surface area (Å²) in [4.78, 5) is -0.508. The van der Waals surface area contributed by atoms with Crippen molar-refractivity contribution in [2.75, 3.05) is 39.9 Å². The maximum atomic E-state index is 12.7. The van der Waals surface area contributed by atoms with Gasteiger partial charge >= 0.3 is 6.18 Å². The number of benzene rings is 1. The molecule has 1 aromatic carbocycles. The van der Waals surface area contributed by atoms with Gasteiger partial charge in [0.2, 0.25) is 20.0 Å². The highest BCUT2D eigenvalue weighted by Crippen LogP contribution is 2.25. The lowest BCUT2D eigenvalue weighted by Crippen LogP contribution is -2.40. The van der Waals surface area contributed by atoms with Crippen LogP contribution in [0.4, 0.5) is 13.2 Å². The van der Waals surface area contributed by atoms with E-state index in [1.807, 2.05) is 0 Å². The predicted octanol–water partition coefficient (Wildman–Crippen LogP) is 1.67. The van der Waals surface area contributed by atoms with Crippen molar-refractivity contribution in [3.63, 3.8) is 0 Å². The lowest BCUT2D eigenvalue weighted by Gasteiger charge is -2.23. The molecule has 0 saturated carbocycles. The molecular weight excluding hydrogens is 409 g/mol. The predicted molar refractivity (Wildman–Crippen MR) is 91.1 cm³/mol. The van der Waals surface area contributed by atoms with Gasteiger partial charge in [-0.1, -0.05) is 0 Å². The average molecular weight is 430 g/mol. The number of rotatable bonds is 8. The molecule has 0 amide bonds. The second kappa shape index (κ2) is 8.43. The molecule has 1 heterocycles. The molecule has 1 fully saturated rings. The Morgan fingerprint density at radius 3 is 2.04 bits per heavy atom. The summed E-state index contributed by atoms with van der Waals surface area (Å²) in [6.45, 7) is -1.58. The van der Waals surface area contributed by atoms with E-state index in [-0.39, 0.29) is 15.8 Å². The summed E-state index contributed by atoms with van der Waals surface area (Å²) in [6.07, 6.45) is -3.23. The Kier molecular flexibility index (Phi) is 6.90. The van der Waals surface area contributed by atoms with Crippen LogP contribution in [0.2, 0.25) is 0 Å². The first-order chi connectivity index (χ1) is 12.5. The summed E-state index contributed by atoms with van der Waals surface area (Å²) in [6, 6.07) is 4.22. The van der Waals surface area contributed by atoms with Crippen molar-refractivity contribution in [2.45, 2.75) is 28.8 Å². The van der Waals surface area contributed by atoms with Crippen molar-refractivity contribution < 1.29 is 34.7 Å². The topological polar surface area (TPSA) is 84.0 Å². The molecule has 0 aliphatic carbocycles. The SMILES string of the molecule is COCCN(CC(F)(F)F)S(=O)(=O)c1ccc(S(=O)(=O)N2CCCC2)cc1. The number of sulfonamides is 2. The Labute approximate surface area is 156 Å². The van der Waals surface area contributed by atoms with Gasteiger partial charge in [-0.3, -0.25) is 0 Å². The summed E-state index contributed by atoms with van der Waals surface area (Å²) in [5, 5.41) is 0. The van der Waals surface area contributed by atoms with Gasteiger partial charge in [-0.05, 0) is 37.1 Å². The molecule has 27 heavy (non-hydrogen) atoms. The molecule has 154 valence electrons. The fraction of sp³-hybridized carbons (Fsp3) is 0.600. The maximum absolute atomic E-state index is 12.7. The molecule has 1 saturated heterocycles. The van der Waals surface area contributed by atoms with Crippen molar-refractivity contribution >= 4 is 20.0 Å². The Balaban J connectivity index is 2.29. The van der Waals surface area contributed by atoms with Crippen LogP contribution in [0, 0.1) is 0 Å². The number of methoxy groups -OCH3 is 1. The molecule has 1 aliphatic heterocycles. The van der Waals surface area contributed by atoms with E-state index in [9.17, 15) is 30.0 Å². The van der Waals surface area contributed by atoms with Crippen LogP contribution in [-0.2, 0) is 24.8 Å². The summed E-state index contributed by atoms with van der Waals surface area (Å²) in [7, 11) is -6.96. The molecule has 1 aromatic rings. The van der Waals surface area contributed by atoms with Gasteiger partial charge in [0.1, 0.15) is 6.54 Å². The number of ether oxygens (including phenoxy) is 1. The van der Waals surface area contributed by atoms with E-state index in [4.69, 9.17) is 0 Å². The lowest BCUT2D eigenvalue weighted by atomic mass is 10.4. The zero-order valence-corrected chi connectivity index (χ0v) is 16.3. The molecule has 0 radical (unpaired) electrons. The van der Waals surface area contributed by atoms with Crippen LogP contribution in [-0.4, -0.2) is 71.5 Å². The molecule has 12 heteroatoms. The van der Waals surface area contributed by atoms with Gasteiger partial charge in [0.05, 0.1) is 16.4 Å². The molecule has 0 N–H and O–H groups in total. The average Bonchev–Trinajstić information content (AvgIpc) is 3.13. The molecule has 0 unspecified atom stereocenters. The highest BCUT2D eigenvalue weighted by molar-refractivity contribution is 7.89. The largest absolute Gasteiger partial charge is 0.402 e. The van der Waals surface area contributed by atoms with Gasteiger partial charge in [0.15, 0.2) is 0 Å². The molecule has 2 rings (SSSR count). The van der Waals surface area contributed by atoms with Crippen LogP contribution in [0.25, 0.3) is 0 Å². The van der Waals surface area contributed by atoms with Gasteiger partial charge in [-0.15, -0.1) is 0 Å². The minimum Gasteiger partial charge on any atom is -0.383 e. The fourth-order valence-electron chi connectivity index (χ4n) is 2.69. The third-order valence-electron chi connectivity index (χ3n) is 4.06. The lowest BCUT2D eigenvalue weighted by molar-refractivity contribution is -0.136. The second-order valence-corrected chi connectivity index (χ2v) is 9.91. The van der Waals surface area contributed by atoms with E-state index >= 15 is 0 Å².